The van der Waals surface area contributed by atoms with Gasteiger partial charge in [0.15, 0.2) is 5.69 Å². The summed E-state index contributed by atoms with van der Waals surface area (Å²) in [6, 6.07) is 14.7. The number of aryl methyl sites for hydroxylation is 1. The minimum atomic E-state index is -0.815. The van der Waals surface area contributed by atoms with Gasteiger partial charge in [0.1, 0.15) is 0 Å². The summed E-state index contributed by atoms with van der Waals surface area (Å²) in [5.41, 5.74) is 3.44. The topological polar surface area (TPSA) is 88.8 Å². The number of carboxylic acid groups (broad SMARTS) is 1. The molecule has 0 spiro atoms. The number of esters is 1. The molecule has 0 aliphatic heterocycles. The Morgan fingerprint density at radius 3 is 2.36 bits per heavy atom. The van der Waals surface area contributed by atoms with Gasteiger partial charge >= 0.3 is 11.9 Å². The van der Waals surface area contributed by atoms with Crippen molar-refractivity contribution in [3.05, 3.63) is 59.8 Å². The van der Waals surface area contributed by atoms with Crippen molar-refractivity contribution in [1.29, 1.82) is 0 Å². The Morgan fingerprint density at radius 1 is 1.04 bits per heavy atom. The highest BCUT2D eigenvalue weighted by atomic mass is 16.5. The molecule has 1 heterocycles. The highest BCUT2D eigenvalue weighted by molar-refractivity contribution is 5.96. The molecule has 0 aliphatic rings. The zero-order valence-corrected chi connectivity index (χ0v) is 13.6. The first kappa shape index (κ1) is 16.6. The fourth-order valence-electron chi connectivity index (χ4n) is 2.75. The van der Waals surface area contributed by atoms with Crippen LogP contribution in [0.3, 0.4) is 0 Å². The first-order valence-corrected chi connectivity index (χ1v) is 7.74. The molecule has 0 saturated carbocycles. The molecule has 3 aromatic rings. The van der Waals surface area contributed by atoms with Crippen molar-refractivity contribution in [1.82, 2.24) is 4.73 Å². The molecule has 0 bridgehead atoms. The van der Waals surface area contributed by atoms with Crippen LogP contribution in [0.25, 0.3) is 22.0 Å². The van der Waals surface area contributed by atoms with E-state index < -0.39 is 11.9 Å². The van der Waals surface area contributed by atoms with Gasteiger partial charge in [-0.2, -0.15) is 4.73 Å². The van der Waals surface area contributed by atoms with Crippen molar-refractivity contribution < 1.29 is 24.6 Å². The minimum absolute atomic E-state index is 0.0682. The summed E-state index contributed by atoms with van der Waals surface area (Å²) in [5, 5.41) is 19.5. The molecule has 2 N–H and O–H groups in total. The summed E-state index contributed by atoms with van der Waals surface area (Å²) in [4.78, 5) is 22.3. The van der Waals surface area contributed by atoms with Gasteiger partial charge in [-0.15, -0.1) is 0 Å². The number of nitrogens with zero attached hydrogens (tertiary/aromatic N) is 1. The molecule has 0 unspecified atom stereocenters. The molecule has 1 aromatic heterocycles. The lowest BCUT2D eigenvalue weighted by atomic mass is 10.0. The maximum atomic E-state index is 11.7. The van der Waals surface area contributed by atoms with Crippen molar-refractivity contribution in [3.8, 4) is 11.1 Å². The number of methoxy groups -OCH3 is 1. The monoisotopic (exact) mass is 339 g/mol. The number of rotatable bonds is 5. The first-order valence-electron chi connectivity index (χ1n) is 7.74. The van der Waals surface area contributed by atoms with Crippen molar-refractivity contribution >= 4 is 22.8 Å². The third-order valence-electron chi connectivity index (χ3n) is 4.09. The molecular formula is C19H17NO5. The number of aliphatic carboxylic acids is 1. The normalized spacial score (nSPS) is 10.8. The maximum Gasteiger partial charge on any atom is 0.358 e. The average Bonchev–Trinajstić information content (AvgIpc) is 2.96. The van der Waals surface area contributed by atoms with E-state index in [1.807, 2.05) is 36.4 Å². The third kappa shape index (κ3) is 3.33. The summed E-state index contributed by atoms with van der Waals surface area (Å²) in [7, 11) is 1.26. The summed E-state index contributed by atoms with van der Waals surface area (Å²) in [6.45, 7) is 0. The maximum absolute atomic E-state index is 11.7. The van der Waals surface area contributed by atoms with Crippen LogP contribution in [0, 0.1) is 0 Å². The van der Waals surface area contributed by atoms with Gasteiger partial charge in [-0.1, -0.05) is 30.3 Å². The van der Waals surface area contributed by atoms with Crippen molar-refractivity contribution in [2.75, 3.05) is 7.11 Å². The third-order valence-corrected chi connectivity index (χ3v) is 4.09. The summed E-state index contributed by atoms with van der Waals surface area (Å²) >= 11 is 0. The lowest BCUT2D eigenvalue weighted by Gasteiger charge is -2.05. The SMILES string of the molecule is COC(=O)c1cc2cc(-c3ccc(CCC(=O)O)cc3)ccc2n1O. The number of ether oxygens (including phenoxy) is 1. The predicted octanol–water partition coefficient (Wildman–Crippen LogP) is 3.35. The summed E-state index contributed by atoms with van der Waals surface area (Å²) < 4.78 is 5.47. The fourth-order valence-corrected chi connectivity index (χ4v) is 2.75. The number of benzene rings is 2. The van der Waals surface area contributed by atoms with Gasteiger partial charge in [0.05, 0.1) is 12.6 Å². The molecule has 0 amide bonds. The van der Waals surface area contributed by atoms with E-state index in [2.05, 4.69) is 4.74 Å². The molecule has 6 nitrogen and oxygen atoms in total. The number of carbonyl (C=O) groups excluding carboxylic acids is 1. The Hall–Kier alpha value is -3.28. The largest absolute Gasteiger partial charge is 0.481 e. The van der Waals surface area contributed by atoms with Crippen LogP contribution in [0.5, 0.6) is 0 Å². The Labute approximate surface area is 143 Å². The second kappa shape index (κ2) is 6.68. The van der Waals surface area contributed by atoms with E-state index in [4.69, 9.17) is 5.11 Å². The Morgan fingerprint density at radius 2 is 1.72 bits per heavy atom. The lowest BCUT2D eigenvalue weighted by molar-refractivity contribution is -0.136. The molecule has 25 heavy (non-hydrogen) atoms. The number of carbonyl (C=O) groups is 2. The van der Waals surface area contributed by atoms with Gasteiger partial charge in [-0.05, 0) is 41.3 Å². The van der Waals surface area contributed by atoms with E-state index in [1.54, 1.807) is 12.1 Å². The second-order valence-corrected chi connectivity index (χ2v) is 5.70. The first-order chi connectivity index (χ1) is 12.0. The predicted molar refractivity (Wildman–Crippen MR) is 91.9 cm³/mol. The van der Waals surface area contributed by atoms with Gasteiger partial charge in [0.2, 0.25) is 0 Å². The molecule has 0 fully saturated rings. The molecule has 3 rings (SSSR count). The molecular weight excluding hydrogens is 322 g/mol. The molecule has 0 atom stereocenters. The van der Waals surface area contributed by atoms with Crippen LogP contribution < -0.4 is 0 Å². The number of fused-ring (bicyclic) bond motifs is 1. The van der Waals surface area contributed by atoms with Crippen molar-refractivity contribution in [2.24, 2.45) is 0 Å². The van der Waals surface area contributed by atoms with E-state index in [-0.39, 0.29) is 12.1 Å². The Kier molecular flexibility index (Phi) is 4.43. The molecule has 0 radical (unpaired) electrons. The molecule has 0 aliphatic carbocycles. The van der Waals surface area contributed by atoms with Crippen LogP contribution >= 0.6 is 0 Å². The average molecular weight is 339 g/mol. The zero-order valence-electron chi connectivity index (χ0n) is 13.6. The van der Waals surface area contributed by atoms with Crippen molar-refractivity contribution in [3.63, 3.8) is 0 Å². The van der Waals surface area contributed by atoms with Gasteiger partial charge in [0, 0.05) is 11.8 Å². The van der Waals surface area contributed by atoms with E-state index in [0.717, 1.165) is 26.8 Å². The molecule has 6 heteroatoms. The standard InChI is InChI=1S/C19H17NO5/c1-25-19(23)17-11-15-10-14(7-8-16(15)20(17)24)13-5-2-12(3-6-13)4-9-18(21)22/h2-3,5-8,10-11,24H,4,9H2,1H3,(H,21,22). The highest BCUT2D eigenvalue weighted by Crippen LogP contribution is 2.27. The zero-order chi connectivity index (χ0) is 18.0. The minimum Gasteiger partial charge on any atom is -0.481 e. The highest BCUT2D eigenvalue weighted by Gasteiger charge is 2.16. The summed E-state index contributed by atoms with van der Waals surface area (Å²) in [6.07, 6.45) is 0.593. The van der Waals surface area contributed by atoms with E-state index in [1.165, 1.54) is 7.11 Å². The van der Waals surface area contributed by atoms with Gasteiger partial charge in [0.25, 0.3) is 0 Å². The van der Waals surface area contributed by atoms with Crippen LogP contribution in [0.4, 0.5) is 0 Å². The van der Waals surface area contributed by atoms with Crippen LogP contribution in [0.15, 0.2) is 48.5 Å². The summed E-state index contributed by atoms with van der Waals surface area (Å²) in [5.74, 6) is -1.42. The van der Waals surface area contributed by atoms with Gasteiger partial charge in [-0.25, -0.2) is 4.79 Å². The fraction of sp³-hybridized carbons (Fsp3) is 0.158. The molecule has 0 saturated heterocycles. The van der Waals surface area contributed by atoms with Crippen molar-refractivity contribution in [2.45, 2.75) is 12.8 Å². The van der Waals surface area contributed by atoms with E-state index in [0.29, 0.717) is 11.9 Å². The lowest BCUT2D eigenvalue weighted by Crippen LogP contribution is -2.07. The number of hydrogen-bond acceptors (Lipinski definition) is 4. The smallest absolute Gasteiger partial charge is 0.358 e. The number of aromatic nitrogens is 1. The van der Waals surface area contributed by atoms with Crippen LogP contribution in [-0.4, -0.2) is 34.1 Å². The van der Waals surface area contributed by atoms with Gasteiger partial charge < -0.3 is 15.1 Å². The van der Waals surface area contributed by atoms with E-state index in [9.17, 15) is 14.8 Å². The Balaban J connectivity index is 1.91. The van der Waals surface area contributed by atoms with Crippen LogP contribution in [0.1, 0.15) is 22.5 Å². The number of hydrogen-bond donors (Lipinski definition) is 2. The van der Waals surface area contributed by atoms with Crippen LogP contribution in [0.2, 0.25) is 0 Å². The van der Waals surface area contributed by atoms with Crippen LogP contribution in [-0.2, 0) is 16.0 Å². The Bertz CT molecular complexity index is 940. The molecule has 2 aromatic carbocycles. The molecule has 128 valence electrons. The van der Waals surface area contributed by atoms with E-state index >= 15 is 0 Å². The van der Waals surface area contributed by atoms with Gasteiger partial charge in [-0.3, -0.25) is 4.79 Å². The quantitative estimate of drug-likeness (QED) is 0.550. The number of carboxylic acids is 1. The second-order valence-electron chi connectivity index (χ2n) is 5.70.